The van der Waals surface area contributed by atoms with Gasteiger partial charge in [-0.05, 0) is 26.0 Å². The number of carbonyl (C=O) groups excluding carboxylic acids is 1. The highest BCUT2D eigenvalue weighted by Crippen LogP contribution is 2.32. The fraction of sp³-hybridized carbons (Fsp3) is 0.440. The minimum absolute atomic E-state index is 0.134. The zero-order valence-electron chi connectivity index (χ0n) is 20.9. The maximum atomic E-state index is 13.0. The summed E-state index contributed by atoms with van der Waals surface area (Å²) in [5.41, 5.74) is 0.591. The quantitative estimate of drug-likeness (QED) is 0.329. The van der Waals surface area contributed by atoms with Gasteiger partial charge in [0, 0.05) is 44.4 Å². The second kappa shape index (κ2) is 11.3. The predicted molar refractivity (Wildman–Crippen MR) is 135 cm³/mol. The van der Waals surface area contributed by atoms with Crippen molar-refractivity contribution in [1.29, 1.82) is 0 Å². The van der Waals surface area contributed by atoms with E-state index in [2.05, 4.69) is 33.6 Å². The lowest BCUT2D eigenvalue weighted by molar-refractivity contribution is -0.129. The number of nitrogens with zero attached hydrogens (tertiary/aromatic N) is 4. The molecule has 3 heterocycles. The van der Waals surface area contributed by atoms with E-state index < -0.39 is 0 Å². The third-order valence-corrected chi connectivity index (χ3v) is 6.15. The number of hydrogen-bond acceptors (Lipinski definition) is 10. The number of nitrogens with one attached hydrogen (secondary N) is 1. The van der Waals surface area contributed by atoms with Crippen LogP contribution >= 0.6 is 0 Å². The molecule has 0 unspecified atom stereocenters. The Morgan fingerprint density at radius 1 is 1.03 bits per heavy atom. The van der Waals surface area contributed by atoms with Gasteiger partial charge in [-0.25, -0.2) is 9.97 Å². The lowest BCUT2D eigenvalue weighted by atomic mass is 10.2. The molecule has 36 heavy (non-hydrogen) atoms. The third-order valence-electron chi connectivity index (χ3n) is 6.15. The Bertz CT molecular complexity index is 1270. The van der Waals surface area contributed by atoms with Gasteiger partial charge < -0.3 is 28.8 Å². The first-order valence-corrected chi connectivity index (χ1v) is 11.8. The molecular formula is C25H31N5O6. The first-order chi connectivity index (χ1) is 17.4. The maximum Gasteiger partial charge on any atom is 0.293 e. The van der Waals surface area contributed by atoms with Crippen molar-refractivity contribution in [2.75, 3.05) is 58.5 Å². The zero-order chi connectivity index (χ0) is 25.7. The molecule has 1 aromatic carbocycles. The summed E-state index contributed by atoms with van der Waals surface area (Å²) in [4.78, 5) is 40.3. The number of methoxy groups -OCH3 is 2. The Labute approximate surface area is 208 Å². The molecule has 0 radical (unpaired) electrons. The SMILES string of the molecule is COc1cc(OC)c2c(=O)[nH]c(-c3ccc(OCCOC=O)c(N4CCN(C(C)C)CC4)n3)nc2c1. The summed E-state index contributed by atoms with van der Waals surface area (Å²) in [7, 11) is 3.04. The van der Waals surface area contributed by atoms with Gasteiger partial charge in [-0.2, -0.15) is 0 Å². The summed E-state index contributed by atoms with van der Waals surface area (Å²) in [6.45, 7) is 8.41. The number of fused-ring (bicyclic) bond motifs is 1. The fourth-order valence-corrected chi connectivity index (χ4v) is 4.22. The second-order valence-corrected chi connectivity index (χ2v) is 8.59. The molecule has 2 aromatic heterocycles. The molecule has 0 spiro atoms. The van der Waals surface area contributed by atoms with Crippen molar-refractivity contribution in [1.82, 2.24) is 19.9 Å². The lowest BCUT2D eigenvalue weighted by Gasteiger charge is -2.38. The Hall–Kier alpha value is -3.86. The molecule has 11 heteroatoms. The number of anilines is 1. The average molecular weight is 498 g/mol. The maximum absolute atomic E-state index is 13.0. The third kappa shape index (κ3) is 5.35. The lowest BCUT2D eigenvalue weighted by Crippen LogP contribution is -2.49. The molecule has 192 valence electrons. The summed E-state index contributed by atoms with van der Waals surface area (Å²) in [5.74, 6) is 2.44. The van der Waals surface area contributed by atoms with Gasteiger partial charge in [0.2, 0.25) is 0 Å². The summed E-state index contributed by atoms with van der Waals surface area (Å²) < 4.78 is 21.3. The van der Waals surface area contributed by atoms with E-state index in [-0.39, 0.29) is 18.8 Å². The molecule has 0 atom stereocenters. The Morgan fingerprint density at radius 2 is 1.81 bits per heavy atom. The van der Waals surface area contributed by atoms with Gasteiger partial charge >= 0.3 is 0 Å². The van der Waals surface area contributed by atoms with Gasteiger partial charge in [0.25, 0.3) is 12.0 Å². The van der Waals surface area contributed by atoms with E-state index in [0.29, 0.717) is 58.0 Å². The highest BCUT2D eigenvalue weighted by atomic mass is 16.5. The smallest absolute Gasteiger partial charge is 0.293 e. The molecule has 1 aliphatic rings. The minimum Gasteiger partial charge on any atom is -0.497 e. The first-order valence-electron chi connectivity index (χ1n) is 11.8. The number of H-pyrrole nitrogens is 1. The van der Waals surface area contributed by atoms with Crippen molar-refractivity contribution in [3.8, 4) is 28.8 Å². The largest absolute Gasteiger partial charge is 0.497 e. The standard InChI is InChI=1S/C25H31N5O6/c1-16(2)29-7-9-30(10-8-29)24-20(36-12-11-35-15-31)6-5-18(27-24)23-26-19-13-17(33-3)14-21(34-4)22(19)25(32)28-23/h5-6,13-16H,7-12H2,1-4H3,(H,26,28,32). The van der Waals surface area contributed by atoms with Crippen molar-refractivity contribution in [3.05, 3.63) is 34.6 Å². The van der Waals surface area contributed by atoms with Crippen LogP contribution in [0.25, 0.3) is 22.4 Å². The number of aromatic amines is 1. The second-order valence-electron chi connectivity index (χ2n) is 8.59. The van der Waals surface area contributed by atoms with Crippen LogP contribution in [0.5, 0.6) is 17.2 Å². The normalized spacial score (nSPS) is 14.2. The fourth-order valence-electron chi connectivity index (χ4n) is 4.22. The zero-order valence-corrected chi connectivity index (χ0v) is 20.9. The summed E-state index contributed by atoms with van der Waals surface area (Å²) in [5, 5.41) is 0.335. The number of benzene rings is 1. The number of aromatic nitrogens is 3. The molecule has 1 fully saturated rings. The Morgan fingerprint density at radius 3 is 2.47 bits per heavy atom. The number of piperazine rings is 1. The first kappa shape index (κ1) is 25.2. The van der Waals surface area contributed by atoms with Crippen LogP contribution < -0.4 is 24.7 Å². The van der Waals surface area contributed by atoms with Gasteiger partial charge in [-0.1, -0.05) is 0 Å². The molecule has 0 aliphatic carbocycles. The van der Waals surface area contributed by atoms with Crippen LogP contribution in [0.1, 0.15) is 13.8 Å². The summed E-state index contributed by atoms with van der Waals surface area (Å²) >= 11 is 0. The monoisotopic (exact) mass is 497 g/mol. The van der Waals surface area contributed by atoms with E-state index in [1.807, 2.05) is 0 Å². The van der Waals surface area contributed by atoms with Crippen LogP contribution in [0.15, 0.2) is 29.1 Å². The molecule has 3 aromatic rings. The van der Waals surface area contributed by atoms with Gasteiger partial charge in [-0.3, -0.25) is 14.5 Å². The van der Waals surface area contributed by atoms with Crippen molar-refractivity contribution < 1.29 is 23.7 Å². The van der Waals surface area contributed by atoms with E-state index in [4.69, 9.17) is 23.9 Å². The number of rotatable bonds is 10. The van der Waals surface area contributed by atoms with Crippen LogP contribution in [-0.2, 0) is 9.53 Å². The topological polar surface area (TPSA) is 119 Å². The number of hydrogen-bond donors (Lipinski definition) is 1. The van der Waals surface area contributed by atoms with Crippen molar-refractivity contribution >= 4 is 23.2 Å². The van der Waals surface area contributed by atoms with Crippen LogP contribution in [-0.4, -0.2) is 86.0 Å². The van der Waals surface area contributed by atoms with Crippen molar-refractivity contribution in [2.24, 2.45) is 0 Å². The molecule has 0 amide bonds. The molecule has 1 N–H and O–H groups in total. The van der Waals surface area contributed by atoms with E-state index >= 15 is 0 Å². The molecule has 4 rings (SSSR count). The number of pyridine rings is 1. The number of ether oxygens (including phenoxy) is 4. The van der Waals surface area contributed by atoms with Gasteiger partial charge in [0.1, 0.15) is 35.8 Å². The molecule has 0 saturated carbocycles. The molecule has 0 bridgehead atoms. The Balaban J connectivity index is 1.73. The van der Waals surface area contributed by atoms with Crippen LogP contribution in [0.2, 0.25) is 0 Å². The van der Waals surface area contributed by atoms with Gasteiger partial charge in [0.15, 0.2) is 17.4 Å². The van der Waals surface area contributed by atoms with E-state index in [9.17, 15) is 9.59 Å². The van der Waals surface area contributed by atoms with Crippen LogP contribution in [0.3, 0.4) is 0 Å². The minimum atomic E-state index is -0.338. The van der Waals surface area contributed by atoms with Crippen LogP contribution in [0.4, 0.5) is 5.82 Å². The predicted octanol–water partition coefficient (Wildman–Crippen LogP) is 2.08. The van der Waals surface area contributed by atoms with E-state index in [1.54, 1.807) is 31.4 Å². The highest BCUT2D eigenvalue weighted by molar-refractivity contribution is 5.87. The highest BCUT2D eigenvalue weighted by Gasteiger charge is 2.24. The molecule has 11 nitrogen and oxygen atoms in total. The van der Waals surface area contributed by atoms with Gasteiger partial charge in [0.05, 0.1) is 19.7 Å². The van der Waals surface area contributed by atoms with E-state index in [1.165, 1.54) is 7.11 Å². The molecule has 1 aliphatic heterocycles. The summed E-state index contributed by atoms with van der Waals surface area (Å²) in [6.07, 6.45) is 0. The average Bonchev–Trinajstić information content (AvgIpc) is 2.90. The molecular weight excluding hydrogens is 466 g/mol. The van der Waals surface area contributed by atoms with Crippen molar-refractivity contribution in [3.63, 3.8) is 0 Å². The van der Waals surface area contributed by atoms with Gasteiger partial charge in [-0.15, -0.1) is 0 Å². The van der Waals surface area contributed by atoms with Crippen LogP contribution in [0, 0.1) is 0 Å². The molecule has 1 saturated heterocycles. The van der Waals surface area contributed by atoms with Crippen molar-refractivity contribution in [2.45, 2.75) is 19.9 Å². The summed E-state index contributed by atoms with van der Waals surface area (Å²) in [6, 6.07) is 7.33. The number of carbonyl (C=O) groups is 1. The Kier molecular flexibility index (Phi) is 7.89. The van der Waals surface area contributed by atoms with E-state index in [0.717, 1.165) is 26.2 Å².